The summed E-state index contributed by atoms with van der Waals surface area (Å²) >= 11 is 1.10. The molecule has 0 aliphatic carbocycles. The predicted octanol–water partition coefficient (Wildman–Crippen LogP) is 2.62. The van der Waals surface area contributed by atoms with Crippen molar-refractivity contribution in [3.05, 3.63) is 34.7 Å². The number of nitrogens with zero attached hydrogens (tertiary/aromatic N) is 3. The van der Waals surface area contributed by atoms with Gasteiger partial charge in [0, 0.05) is 23.7 Å². The minimum atomic E-state index is -1.09. The summed E-state index contributed by atoms with van der Waals surface area (Å²) in [6.45, 7) is 10.2. The molecule has 0 aromatic carbocycles. The number of nitrogens with one attached hydrogen (secondary N) is 1. The molecule has 0 bridgehead atoms. The molecule has 0 radical (unpaired) electrons. The summed E-state index contributed by atoms with van der Waals surface area (Å²) in [7, 11) is 0. The van der Waals surface area contributed by atoms with E-state index in [-0.39, 0.29) is 48.4 Å². The third-order valence-corrected chi connectivity index (χ3v) is 7.00. The molecule has 1 N–H and O–H groups in total. The highest BCUT2D eigenvalue weighted by Gasteiger charge is 2.42. The van der Waals surface area contributed by atoms with Crippen molar-refractivity contribution < 1.29 is 38.2 Å². The van der Waals surface area contributed by atoms with Gasteiger partial charge >= 0.3 is 17.8 Å². The van der Waals surface area contributed by atoms with Gasteiger partial charge in [0.25, 0.3) is 5.91 Å². The standard InChI is InChI=1S/C26H32N4O8S/c1-25(2,3)37-23(34)19-15-9-14(11-30-18(31)10-16(22(30)33)29-8-7-27-13-29)36-12-17(15)39-21(19)28-20(32)24(35)38-26(4,5)6/h7-8,13-14,16H,9-12H2,1-6H3,(H,28,32). The average Bonchev–Trinajstić information content (AvgIpc) is 3.51. The molecule has 2 unspecified atom stereocenters. The van der Waals surface area contributed by atoms with Gasteiger partial charge in [0.15, 0.2) is 0 Å². The lowest BCUT2D eigenvalue weighted by Gasteiger charge is -2.27. The molecule has 1 fully saturated rings. The fraction of sp³-hybridized carbons (Fsp3) is 0.538. The molecule has 39 heavy (non-hydrogen) atoms. The lowest BCUT2D eigenvalue weighted by molar-refractivity contribution is -0.161. The van der Waals surface area contributed by atoms with Crippen LogP contribution in [0.2, 0.25) is 0 Å². The van der Waals surface area contributed by atoms with E-state index in [0.717, 1.165) is 11.3 Å². The van der Waals surface area contributed by atoms with Crippen LogP contribution < -0.4 is 5.32 Å². The normalized spacial score (nSPS) is 19.6. The molecule has 3 amide bonds. The molecule has 4 rings (SSSR count). The van der Waals surface area contributed by atoms with Gasteiger partial charge in [-0.3, -0.25) is 19.3 Å². The molecule has 4 heterocycles. The number of imide groups is 1. The van der Waals surface area contributed by atoms with E-state index in [0.29, 0.717) is 10.4 Å². The number of amides is 3. The number of fused-ring (bicyclic) bond motifs is 1. The number of hydrogen-bond donors (Lipinski definition) is 1. The number of likely N-dealkylation sites (tertiary alicyclic amines) is 1. The van der Waals surface area contributed by atoms with Gasteiger partial charge in [-0.1, -0.05) is 0 Å². The van der Waals surface area contributed by atoms with Gasteiger partial charge in [-0.15, -0.1) is 11.3 Å². The zero-order chi connectivity index (χ0) is 28.7. The lowest BCUT2D eigenvalue weighted by Crippen LogP contribution is -2.41. The van der Waals surface area contributed by atoms with Crippen LogP contribution in [0.15, 0.2) is 18.7 Å². The van der Waals surface area contributed by atoms with Crippen molar-refractivity contribution in [3.8, 4) is 0 Å². The maximum atomic E-state index is 13.3. The molecule has 12 nitrogen and oxygen atoms in total. The number of hydrogen-bond acceptors (Lipinski definition) is 10. The molecule has 2 aliphatic rings. The van der Waals surface area contributed by atoms with E-state index >= 15 is 0 Å². The Hall–Kier alpha value is -3.58. The first-order valence-electron chi connectivity index (χ1n) is 12.5. The van der Waals surface area contributed by atoms with Crippen molar-refractivity contribution >= 4 is 46.0 Å². The van der Waals surface area contributed by atoms with E-state index in [9.17, 15) is 24.0 Å². The topological polar surface area (TPSA) is 146 Å². The van der Waals surface area contributed by atoms with E-state index < -0.39 is 41.2 Å². The van der Waals surface area contributed by atoms with Crippen LogP contribution in [-0.4, -0.2) is 68.0 Å². The first-order chi connectivity index (χ1) is 18.1. The maximum absolute atomic E-state index is 13.3. The van der Waals surface area contributed by atoms with Crippen molar-refractivity contribution in [1.82, 2.24) is 14.5 Å². The number of esters is 2. The van der Waals surface area contributed by atoms with Crippen LogP contribution in [-0.2, 0) is 46.4 Å². The molecule has 2 atom stereocenters. The van der Waals surface area contributed by atoms with Crippen molar-refractivity contribution in [3.63, 3.8) is 0 Å². The molecule has 13 heteroatoms. The molecular formula is C26H32N4O8S. The van der Waals surface area contributed by atoms with Gasteiger partial charge in [-0.25, -0.2) is 14.6 Å². The largest absolute Gasteiger partial charge is 0.456 e. The van der Waals surface area contributed by atoms with Crippen LogP contribution in [0.25, 0.3) is 0 Å². The molecule has 1 saturated heterocycles. The number of carbonyl (C=O) groups is 5. The van der Waals surface area contributed by atoms with Crippen molar-refractivity contribution in [2.75, 3.05) is 11.9 Å². The highest BCUT2D eigenvalue weighted by Crippen LogP contribution is 2.39. The number of anilines is 1. The third-order valence-electron chi connectivity index (χ3n) is 5.88. The Labute approximate surface area is 229 Å². The van der Waals surface area contributed by atoms with Gasteiger partial charge in [0.05, 0.1) is 37.6 Å². The zero-order valence-electron chi connectivity index (χ0n) is 22.7. The monoisotopic (exact) mass is 560 g/mol. The number of aromatic nitrogens is 2. The number of imidazole rings is 1. The SMILES string of the molecule is CC(C)(C)OC(=O)C(=O)Nc1sc2c(c1C(=O)OC(C)(C)C)CC(CN1C(=O)CC(n3ccnc3)C1=O)OC2. The van der Waals surface area contributed by atoms with Gasteiger partial charge in [-0.05, 0) is 47.1 Å². The fourth-order valence-corrected chi connectivity index (χ4v) is 5.44. The highest BCUT2D eigenvalue weighted by molar-refractivity contribution is 7.17. The summed E-state index contributed by atoms with van der Waals surface area (Å²) in [6, 6.07) is -0.660. The summed E-state index contributed by atoms with van der Waals surface area (Å²) in [5.74, 6) is -3.46. The van der Waals surface area contributed by atoms with E-state index in [1.54, 1.807) is 58.5 Å². The molecule has 0 spiro atoms. The number of rotatable bonds is 5. The minimum Gasteiger partial charge on any atom is -0.456 e. The van der Waals surface area contributed by atoms with Crippen LogP contribution in [0.3, 0.4) is 0 Å². The quantitative estimate of drug-likeness (QED) is 0.331. The first-order valence-corrected chi connectivity index (χ1v) is 13.3. The Morgan fingerprint density at radius 3 is 2.41 bits per heavy atom. The third kappa shape index (κ3) is 6.53. The van der Waals surface area contributed by atoms with Gasteiger partial charge in [0.2, 0.25) is 5.91 Å². The second-order valence-electron chi connectivity index (χ2n) is 11.4. The maximum Gasteiger partial charge on any atom is 0.397 e. The molecule has 0 saturated carbocycles. The molecule has 2 aliphatic heterocycles. The lowest BCUT2D eigenvalue weighted by atomic mass is 10.00. The van der Waals surface area contributed by atoms with E-state index in [4.69, 9.17) is 14.2 Å². The Balaban J connectivity index is 1.56. The zero-order valence-corrected chi connectivity index (χ0v) is 23.5. The van der Waals surface area contributed by atoms with E-state index in [1.165, 1.54) is 11.2 Å². The molecule has 210 valence electrons. The smallest absolute Gasteiger partial charge is 0.397 e. The van der Waals surface area contributed by atoms with Crippen molar-refractivity contribution in [2.45, 2.75) is 84.3 Å². The van der Waals surface area contributed by atoms with Crippen LogP contribution in [0, 0.1) is 0 Å². The van der Waals surface area contributed by atoms with E-state index in [1.807, 2.05) is 0 Å². The second kappa shape index (κ2) is 10.5. The predicted molar refractivity (Wildman–Crippen MR) is 139 cm³/mol. The fourth-order valence-electron chi connectivity index (χ4n) is 4.30. The van der Waals surface area contributed by atoms with E-state index in [2.05, 4.69) is 10.3 Å². The summed E-state index contributed by atoms with van der Waals surface area (Å²) in [6.07, 6.45) is 4.30. The number of carbonyl (C=O) groups excluding carboxylic acids is 5. The van der Waals surface area contributed by atoms with Crippen LogP contribution >= 0.6 is 11.3 Å². The average molecular weight is 561 g/mol. The summed E-state index contributed by atoms with van der Waals surface area (Å²) in [4.78, 5) is 69.6. The van der Waals surface area contributed by atoms with Crippen LogP contribution in [0.4, 0.5) is 5.00 Å². The summed E-state index contributed by atoms with van der Waals surface area (Å²) in [5, 5.41) is 2.64. The Morgan fingerprint density at radius 2 is 1.79 bits per heavy atom. The van der Waals surface area contributed by atoms with Crippen molar-refractivity contribution in [1.29, 1.82) is 0 Å². The number of ether oxygens (including phenoxy) is 3. The van der Waals surface area contributed by atoms with Crippen molar-refractivity contribution in [2.24, 2.45) is 0 Å². The first kappa shape index (κ1) is 28.4. The van der Waals surface area contributed by atoms with Gasteiger partial charge in [-0.2, -0.15) is 0 Å². The Bertz CT molecular complexity index is 1300. The molecule has 2 aromatic rings. The summed E-state index contributed by atoms with van der Waals surface area (Å²) in [5.41, 5.74) is -1.00. The minimum absolute atomic E-state index is 0.00547. The van der Waals surface area contributed by atoms with Crippen LogP contribution in [0.5, 0.6) is 0 Å². The highest BCUT2D eigenvalue weighted by atomic mass is 32.1. The van der Waals surface area contributed by atoms with Gasteiger partial charge < -0.3 is 24.1 Å². The second-order valence-corrected chi connectivity index (χ2v) is 12.5. The number of thiophene rings is 1. The Kier molecular flexibility index (Phi) is 7.68. The molecular weight excluding hydrogens is 528 g/mol. The Morgan fingerprint density at radius 1 is 1.10 bits per heavy atom. The molecule has 2 aromatic heterocycles. The summed E-state index contributed by atoms with van der Waals surface area (Å²) < 4.78 is 18.3. The van der Waals surface area contributed by atoms with Crippen LogP contribution in [0.1, 0.15) is 74.8 Å². The van der Waals surface area contributed by atoms with Gasteiger partial charge in [0.1, 0.15) is 22.2 Å².